The zero-order valence-electron chi connectivity index (χ0n) is 15.4. The summed E-state index contributed by atoms with van der Waals surface area (Å²) in [7, 11) is 0. The van der Waals surface area contributed by atoms with E-state index in [0.29, 0.717) is 18.6 Å². The molecule has 5 nitrogen and oxygen atoms in total. The number of aliphatic hydroxyl groups is 2. The van der Waals surface area contributed by atoms with Crippen molar-refractivity contribution in [3.63, 3.8) is 0 Å². The molecular weight excluding hydrogens is 344 g/mol. The van der Waals surface area contributed by atoms with Crippen LogP contribution in [0.25, 0.3) is 0 Å². The minimum Gasteiger partial charge on any atom is -0.491 e. The predicted molar refractivity (Wildman–Crippen MR) is 105 cm³/mol. The molecule has 1 aliphatic carbocycles. The Hall–Kier alpha value is -2.37. The van der Waals surface area contributed by atoms with Crippen LogP contribution in [0.2, 0.25) is 0 Å². The number of rotatable bonds is 11. The number of hydrogen-bond acceptors (Lipinski definition) is 4. The molecule has 2 rings (SSSR count). The van der Waals surface area contributed by atoms with Gasteiger partial charge in [0.1, 0.15) is 18.5 Å². The van der Waals surface area contributed by atoms with E-state index in [4.69, 9.17) is 9.84 Å². The minimum absolute atomic E-state index is 0.111. The predicted octanol–water partition coefficient (Wildman–Crippen LogP) is 3.49. The third-order valence-electron chi connectivity index (χ3n) is 4.45. The maximum absolute atomic E-state index is 10.5. The van der Waals surface area contributed by atoms with Gasteiger partial charge in [-0.05, 0) is 37.8 Å². The maximum Gasteiger partial charge on any atom is 0.303 e. The fourth-order valence-corrected chi connectivity index (χ4v) is 2.98. The molecule has 27 heavy (non-hydrogen) atoms. The Morgan fingerprint density at radius 1 is 1.26 bits per heavy atom. The molecule has 3 N–H and O–H groups in total. The number of para-hydroxylation sites is 1. The highest BCUT2D eigenvalue weighted by molar-refractivity contribution is 5.66. The zero-order valence-corrected chi connectivity index (χ0v) is 15.4. The van der Waals surface area contributed by atoms with Gasteiger partial charge in [-0.15, -0.1) is 0 Å². The molecule has 0 fully saturated rings. The van der Waals surface area contributed by atoms with Crippen LogP contribution in [0.5, 0.6) is 5.75 Å². The largest absolute Gasteiger partial charge is 0.491 e. The second-order valence-corrected chi connectivity index (χ2v) is 6.65. The summed E-state index contributed by atoms with van der Waals surface area (Å²) in [5, 5.41) is 28.9. The van der Waals surface area contributed by atoms with E-state index in [1.807, 2.05) is 54.6 Å². The summed E-state index contributed by atoms with van der Waals surface area (Å²) >= 11 is 0. The Morgan fingerprint density at radius 3 is 2.78 bits per heavy atom. The van der Waals surface area contributed by atoms with Gasteiger partial charge < -0.3 is 20.1 Å². The van der Waals surface area contributed by atoms with Gasteiger partial charge in [0.25, 0.3) is 0 Å². The Labute approximate surface area is 160 Å². The van der Waals surface area contributed by atoms with Crippen molar-refractivity contribution < 1.29 is 24.9 Å². The lowest BCUT2D eigenvalue weighted by molar-refractivity contribution is -0.137. The van der Waals surface area contributed by atoms with Crippen LogP contribution in [0, 0.1) is 5.92 Å². The van der Waals surface area contributed by atoms with Crippen LogP contribution in [0.1, 0.15) is 32.1 Å². The Kier molecular flexibility index (Phi) is 8.81. The van der Waals surface area contributed by atoms with Crippen molar-refractivity contribution in [3.8, 4) is 5.75 Å². The molecule has 0 unspecified atom stereocenters. The number of carboxylic acid groups (broad SMARTS) is 1. The lowest BCUT2D eigenvalue weighted by Gasteiger charge is -2.15. The second kappa shape index (κ2) is 11.4. The number of unbranched alkanes of at least 4 members (excludes halogenated alkanes) is 1. The molecule has 3 atom stereocenters. The SMILES string of the molecule is O=C(O)CCC/C=C\CC1=CC[C@H](O)[C@@H]1/C=C/[C@H](O)COc1ccccc1. The summed E-state index contributed by atoms with van der Waals surface area (Å²) in [6.07, 6.45) is 11.2. The van der Waals surface area contributed by atoms with E-state index in [2.05, 4.69) is 0 Å². The molecule has 0 radical (unpaired) electrons. The van der Waals surface area contributed by atoms with Crippen LogP contribution in [0.4, 0.5) is 0 Å². The molecule has 0 saturated carbocycles. The van der Waals surface area contributed by atoms with Crippen LogP contribution < -0.4 is 4.74 Å². The quantitative estimate of drug-likeness (QED) is 0.409. The van der Waals surface area contributed by atoms with Gasteiger partial charge in [0.2, 0.25) is 0 Å². The molecule has 1 aromatic rings. The van der Waals surface area contributed by atoms with Gasteiger partial charge in [0, 0.05) is 12.3 Å². The number of allylic oxidation sites excluding steroid dienone is 2. The molecule has 146 valence electrons. The summed E-state index contributed by atoms with van der Waals surface area (Å²) < 4.78 is 5.52. The van der Waals surface area contributed by atoms with Crippen molar-refractivity contribution in [2.24, 2.45) is 5.92 Å². The van der Waals surface area contributed by atoms with E-state index in [-0.39, 0.29) is 18.9 Å². The van der Waals surface area contributed by atoms with Gasteiger partial charge in [0.15, 0.2) is 0 Å². The number of benzene rings is 1. The van der Waals surface area contributed by atoms with Crippen LogP contribution >= 0.6 is 0 Å². The third kappa shape index (κ3) is 7.81. The Bertz CT molecular complexity index is 663. The van der Waals surface area contributed by atoms with Crippen molar-refractivity contribution in [3.05, 3.63) is 66.3 Å². The second-order valence-electron chi connectivity index (χ2n) is 6.65. The summed E-state index contributed by atoms with van der Waals surface area (Å²) in [4.78, 5) is 10.5. The first kappa shape index (κ1) is 20.9. The lowest BCUT2D eigenvalue weighted by Crippen LogP contribution is -2.18. The van der Waals surface area contributed by atoms with Gasteiger partial charge in [0.05, 0.1) is 6.10 Å². The Balaban J connectivity index is 1.77. The average Bonchev–Trinajstić information content (AvgIpc) is 3.01. The summed E-state index contributed by atoms with van der Waals surface area (Å²) in [6.45, 7) is 0.159. The lowest BCUT2D eigenvalue weighted by atomic mass is 9.95. The number of aliphatic hydroxyl groups excluding tert-OH is 2. The molecule has 0 spiro atoms. The number of carboxylic acids is 1. The summed E-state index contributed by atoms with van der Waals surface area (Å²) in [5.41, 5.74) is 1.12. The topological polar surface area (TPSA) is 87.0 Å². The molecule has 0 aliphatic heterocycles. The van der Waals surface area contributed by atoms with Crippen LogP contribution in [0.3, 0.4) is 0 Å². The highest BCUT2D eigenvalue weighted by atomic mass is 16.5. The molecule has 0 bridgehead atoms. The van der Waals surface area contributed by atoms with Gasteiger partial charge >= 0.3 is 5.97 Å². The Morgan fingerprint density at radius 2 is 2.04 bits per heavy atom. The average molecular weight is 372 g/mol. The normalized spacial score (nSPS) is 20.9. The van der Waals surface area contributed by atoms with E-state index >= 15 is 0 Å². The number of aliphatic carboxylic acids is 1. The molecule has 0 aromatic heterocycles. The summed E-state index contributed by atoms with van der Waals surface area (Å²) in [6, 6.07) is 9.32. The summed E-state index contributed by atoms with van der Waals surface area (Å²) in [5.74, 6) is -0.176. The van der Waals surface area contributed by atoms with Crippen molar-refractivity contribution in [2.75, 3.05) is 6.61 Å². The first-order valence-electron chi connectivity index (χ1n) is 9.34. The smallest absolute Gasteiger partial charge is 0.303 e. The molecule has 5 heteroatoms. The molecular formula is C22H28O5. The number of ether oxygens (including phenoxy) is 1. The molecule has 0 heterocycles. The monoisotopic (exact) mass is 372 g/mol. The fourth-order valence-electron chi connectivity index (χ4n) is 2.98. The van der Waals surface area contributed by atoms with Crippen LogP contribution in [-0.4, -0.2) is 40.1 Å². The van der Waals surface area contributed by atoms with E-state index < -0.39 is 18.2 Å². The highest BCUT2D eigenvalue weighted by Crippen LogP contribution is 2.30. The zero-order chi connectivity index (χ0) is 19.5. The first-order chi connectivity index (χ1) is 13.1. The van der Waals surface area contributed by atoms with Crippen LogP contribution in [-0.2, 0) is 4.79 Å². The molecule has 1 aromatic carbocycles. The minimum atomic E-state index is -0.773. The van der Waals surface area contributed by atoms with Gasteiger partial charge in [-0.25, -0.2) is 0 Å². The first-order valence-corrected chi connectivity index (χ1v) is 9.34. The molecule has 0 saturated heterocycles. The highest BCUT2D eigenvalue weighted by Gasteiger charge is 2.25. The van der Waals surface area contributed by atoms with Crippen molar-refractivity contribution in [1.29, 1.82) is 0 Å². The molecule has 0 amide bonds. The van der Waals surface area contributed by atoms with E-state index in [0.717, 1.165) is 18.4 Å². The fraction of sp³-hybridized carbons (Fsp3) is 0.409. The van der Waals surface area contributed by atoms with Crippen molar-refractivity contribution >= 4 is 5.97 Å². The number of carbonyl (C=O) groups is 1. The van der Waals surface area contributed by atoms with Gasteiger partial charge in [-0.1, -0.05) is 54.2 Å². The molecule has 1 aliphatic rings. The van der Waals surface area contributed by atoms with Gasteiger partial charge in [-0.3, -0.25) is 4.79 Å². The van der Waals surface area contributed by atoms with Crippen LogP contribution in [0.15, 0.2) is 66.3 Å². The van der Waals surface area contributed by atoms with E-state index in [1.54, 1.807) is 6.08 Å². The van der Waals surface area contributed by atoms with E-state index in [9.17, 15) is 15.0 Å². The maximum atomic E-state index is 10.5. The van der Waals surface area contributed by atoms with E-state index in [1.165, 1.54) is 0 Å². The standard InChI is InChI=1S/C22H28O5/c23-18(16-27-19-9-5-3-6-10-19)13-14-20-17(12-15-21(20)24)8-4-1-2-7-11-22(25)26/h1,3-6,9-10,12-14,18,20-21,23-24H,2,7-8,11,15-16H2,(H,25,26)/b4-1-,14-13+/t18-,20+,21-/m0/s1. The van der Waals surface area contributed by atoms with Crippen molar-refractivity contribution in [2.45, 2.75) is 44.3 Å². The van der Waals surface area contributed by atoms with Gasteiger partial charge in [-0.2, -0.15) is 0 Å². The van der Waals surface area contributed by atoms with Crippen molar-refractivity contribution in [1.82, 2.24) is 0 Å². The third-order valence-corrected chi connectivity index (χ3v) is 4.45. The number of hydrogen-bond donors (Lipinski definition) is 3.